The van der Waals surface area contributed by atoms with Crippen LogP contribution in [0.25, 0.3) is 5.82 Å². The van der Waals surface area contributed by atoms with Crippen molar-refractivity contribution in [1.82, 2.24) is 19.7 Å². The highest BCUT2D eigenvalue weighted by Crippen LogP contribution is 2.20. The summed E-state index contributed by atoms with van der Waals surface area (Å²) in [6, 6.07) is 9.02. The van der Waals surface area contributed by atoms with Gasteiger partial charge in [-0.05, 0) is 44.2 Å². The number of morpholine rings is 1. The van der Waals surface area contributed by atoms with Crippen LogP contribution in [0.3, 0.4) is 0 Å². The highest BCUT2D eigenvalue weighted by Gasteiger charge is 2.23. The molecule has 2 atom stereocenters. The van der Waals surface area contributed by atoms with Crippen molar-refractivity contribution in [2.24, 2.45) is 0 Å². The number of ether oxygens (including phenoxy) is 1. The highest BCUT2D eigenvalue weighted by molar-refractivity contribution is 6.05. The molecular weight excluding hydrogens is 356 g/mol. The fraction of sp³-hybridized carbons (Fsp3) is 0.300. The maximum Gasteiger partial charge on any atom is 0.257 e. The van der Waals surface area contributed by atoms with Crippen LogP contribution in [-0.4, -0.2) is 51.0 Å². The molecule has 0 spiro atoms. The smallest absolute Gasteiger partial charge is 0.257 e. The first kappa shape index (κ1) is 18.1. The Bertz CT molecular complexity index is 932. The van der Waals surface area contributed by atoms with Gasteiger partial charge in [0.05, 0.1) is 23.5 Å². The number of pyridine rings is 2. The molecule has 0 aliphatic carbocycles. The molecule has 1 fully saturated rings. The SMILES string of the molecule is C[C@@H]1CN(c2ccc(C(=O)Nc3cccnc3-n3cccn3)cn2)C[C@@H](C)O1. The quantitative estimate of drug-likeness (QED) is 0.751. The van der Waals surface area contributed by atoms with Gasteiger partial charge in [0.1, 0.15) is 5.82 Å². The number of anilines is 2. The molecule has 28 heavy (non-hydrogen) atoms. The molecule has 4 heterocycles. The third-order valence-corrected chi connectivity index (χ3v) is 4.51. The van der Waals surface area contributed by atoms with E-state index < -0.39 is 0 Å². The minimum Gasteiger partial charge on any atom is -0.372 e. The second-order valence-electron chi connectivity index (χ2n) is 6.85. The Balaban J connectivity index is 1.49. The van der Waals surface area contributed by atoms with Crippen molar-refractivity contribution >= 4 is 17.4 Å². The Morgan fingerprint density at radius 1 is 1.11 bits per heavy atom. The van der Waals surface area contributed by atoms with E-state index in [9.17, 15) is 4.79 Å². The van der Waals surface area contributed by atoms with Gasteiger partial charge < -0.3 is 15.0 Å². The lowest BCUT2D eigenvalue weighted by atomic mass is 10.2. The van der Waals surface area contributed by atoms with Crippen molar-refractivity contribution in [1.29, 1.82) is 0 Å². The van der Waals surface area contributed by atoms with E-state index in [1.165, 1.54) is 0 Å². The lowest BCUT2D eigenvalue weighted by molar-refractivity contribution is -0.00546. The Kier molecular flexibility index (Phi) is 5.03. The average molecular weight is 378 g/mol. The second-order valence-corrected chi connectivity index (χ2v) is 6.85. The van der Waals surface area contributed by atoms with Crippen molar-refractivity contribution in [3.05, 3.63) is 60.7 Å². The van der Waals surface area contributed by atoms with Gasteiger partial charge in [0, 0.05) is 37.9 Å². The molecule has 144 valence electrons. The van der Waals surface area contributed by atoms with Gasteiger partial charge in [0.2, 0.25) is 0 Å². The van der Waals surface area contributed by atoms with Crippen LogP contribution in [0.1, 0.15) is 24.2 Å². The predicted molar refractivity (Wildman–Crippen MR) is 106 cm³/mol. The van der Waals surface area contributed by atoms with Crippen LogP contribution >= 0.6 is 0 Å². The predicted octanol–water partition coefficient (Wildman–Crippen LogP) is 2.53. The largest absolute Gasteiger partial charge is 0.372 e. The van der Waals surface area contributed by atoms with E-state index in [-0.39, 0.29) is 18.1 Å². The minimum atomic E-state index is -0.246. The third kappa shape index (κ3) is 3.86. The van der Waals surface area contributed by atoms with Gasteiger partial charge in [0.15, 0.2) is 5.82 Å². The monoisotopic (exact) mass is 378 g/mol. The van der Waals surface area contributed by atoms with Gasteiger partial charge in [0.25, 0.3) is 5.91 Å². The Morgan fingerprint density at radius 3 is 2.61 bits per heavy atom. The second kappa shape index (κ2) is 7.77. The maximum absolute atomic E-state index is 12.7. The third-order valence-electron chi connectivity index (χ3n) is 4.51. The van der Waals surface area contributed by atoms with Gasteiger partial charge in [-0.3, -0.25) is 4.79 Å². The lowest BCUT2D eigenvalue weighted by Crippen LogP contribution is -2.45. The summed E-state index contributed by atoms with van der Waals surface area (Å²) in [6.45, 7) is 5.67. The number of aromatic nitrogens is 4. The molecule has 4 rings (SSSR count). The van der Waals surface area contributed by atoms with E-state index in [2.05, 4.69) is 39.1 Å². The first-order valence-electron chi connectivity index (χ1n) is 9.23. The molecule has 1 saturated heterocycles. The zero-order chi connectivity index (χ0) is 19.5. The van der Waals surface area contributed by atoms with Gasteiger partial charge in [-0.2, -0.15) is 5.10 Å². The Hall–Kier alpha value is -3.26. The highest BCUT2D eigenvalue weighted by atomic mass is 16.5. The van der Waals surface area contributed by atoms with E-state index in [0.717, 1.165) is 18.9 Å². The van der Waals surface area contributed by atoms with Crippen molar-refractivity contribution in [2.75, 3.05) is 23.3 Å². The summed E-state index contributed by atoms with van der Waals surface area (Å²) in [4.78, 5) is 23.7. The lowest BCUT2D eigenvalue weighted by Gasteiger charge is -2.36. The van der Waals surface area contributed by atoms with Crippen LogP contribution in [0, 0.1) is 0 Å². The fourth-order valence-electron chi connectivity index (χ4n) is 3.34. The normalized spacial score (nSPS) is 19.4. The summed E-state index contributed by atoms with van der Waals surface area (Å²) in [5.74, 6) is 1.16. The summed E-state index contributed by atoms with van der Waals surface area (Å²) < 4.78 is 7.37. The van der Waals surface area contributed by atoms with Crippen LogP contribution in [0.5, 0.6) is 0 Å². The molecule has 1 aliphatic rings. The van der Waals surface area contributed by atoms with Crippen LogP contribution < -0.4 is 10.2 Å². The fourth-order valence-corrected chi connectivity index (χ4v) is 3.34. The first-order valence-corrected chi connectivity index (χ1v) is 9.23. The summed E-state index contributed by atoms with van der Waals surface area (Å²) in [6.07, 6.45) is 7.00. The molecule has 0 saturated carbocycles. The zero-order valence-electron chi connectivity index (χ0n) is 15.8. The molecule has 8 nitrogen and oxygen atoms in total. The van der Waals surface area contributed by atoms with E-state index in [4.69, 9.17) is 4.74 Å². The van der Waals surface area contributed by atoms with Crippen molar-refractivity contribution < 1.29 is 9.53 Å². The standard InChI is InChI=1S/C20H22N6O2/c1-14-12-25(13-15(2)28-14)18-7-6-16(11-22-18)20(27)24-17-5-3-8-21-19(17)26-10-4-9-23-26/h3-11,14-15H,12-13H2,1-2H3,(H,24,27)/t14-,15-/m1/s1. The molecule has 1 aliphatic heterocycles. The molecular formula is C20H22N6O2. The minimum absolute atomic E-state index is 0.153. The van der Waals surface area contributed by atoms with Crippen molar-refractivity contribution in [2.45, 2.75) is 26.1 Å². The maximum atomic E-state index is 12.7. The van der Waals surface area contributed by atoms with E-state index >= 15 is 0 Å². The summed E-state index contributed by atoms with van der Waals surface area (Å²) in [5, 5.41) is 7.07. The number of nitrogens with one attached hydrogen (secondary N) is 1. The Morgan fingerprint density at radius 2 is 1.93 bits per heavy atom. The molecule has 0 unspecified atom stereocenters. The molecule has 1 N–H and O–H groups in total. The average Bonchev–Trinajstić information content (AvgIpc) is 3.22. The molecule has 3 aromatic heterocycles. The number of amides is 1. The van der Waals surface area contributed by atoms with Gasteiger partial charge in [-0.25, -0.2) is 14.6 Å². The zero-order valence-corrected chi connectivity index (χ0v) is 15.8. The number of carbonyl (C=O) groups excluding carboxylic acids is 1. The number of hydrogen-bond acceptors (Lipinski definition) is 6. The molecule has 0 aromatic carbocycles. The van der Waals surface area contributed by atoms with E-state index in [1.54, 1.807) is 53.7 Å². The van der Waals surface area contributed by atoms with Gasteiger partial charge >= 0.3 is 0 Å². The van der Waals surface area contributed by atoms with E-state index in [0.29, 0.717) is 17.1 Å². The summed E-state index contributed by atoms with van der Waals surface area (Å²) >= 11 is 0. The van der Waals surface area contributed by atoms with Gasteiger partial charge in [-0.1, -0.05) is 0 Å². The van der Waals surface area contributed by atoms with Crippen LogP contribution in [0.4, 0.5) is 11.5 Å². The van der Waals surface area contributed by atoms with Crippen LogP contribution in [-0.2, 0) is 4.74 Å². The molecule has 1 amide bonds. The van der Waals surface area contributed by atoms with Crippen LogP contribution in [0.15, 0.2) is 55.1 Å². The van der Waals surface area contributed by atoms with E-state index in [1.807, 2.05) is 6.07 Å². The number of rotatable bonds is 4. The van der Waals surface area contributed by atoms with Crippen molar-refractivity contribution in [3.8, 4) is 5.82 Å². The number of hydrogen-bond donors (Lipinski definition) is 1. The van der Waals surface area contributed by atoms with Gasteiger partial charge in [-0.15, -0.1) is 0 Å². The molecule has 0 radical (unpaired) electrons. The Labute approximate surface area is 163 Å². The first-order chi connectivity index (χ1) is 13.6. The van der Waals surface area contributed by atoms with Crippen molar-refractivity contribution in [3.63, 3.8) is 0 Å². The number of carbonyl (C=O) groups is 1. The summed E-state index contributed by atoms with van der Waals surface area (Å²) in [7, 11) is 0. The summed E-state index contributed by atoms with van der Waals surface area (Å²) in [5.41, 5.74) is 1.06. The van der Waals surface area contributed by atoms with Crippen LogP contribution in [0.2, 0.25) is 0 Å². The number of nitrogens with zero attached hydrogens (tertiary/aromatic N) is 5. The molecule has 0 bridgehead atoms. The molecule has 3 aromatic rings. The molecule has 8 heteroatoms. The topological polar surface area (TPSA) is 85.2 Å².